The van der Waals surface area contributed by atoms with E-state index in [-0.39, 0.29) is 24.9 Å². The molecule has 1 unspecified atom stereocenters. The fourth-order valence-electron chi connectivity index (χ4n) is 5.35. The van der Waals surface area contributed by atoms with Crippen LogP contribution in [0.25, 0.3) is 11.1 Å². The molecule has 0 spiro atoms. The van der Waals surface area contributed by atoms with Crippen molar-refractivity contribution in [1.82, 2.24) is 10.6 Å². The highest BCUT2D eigenvalue weighted by molar-refractivity contribution is 5.80. The van der Waals surface area contributed by atoms with Crippen molar-refractivity contribution in [2.75, 3.05) is 13.2 Å². The van der Waals surface area contributed by atoms with Crippen molar-refractivity contribution >= 4 is 18.0 Å². The third-order valence-electron chi connectivity index (χ3n) is 7.34. The van der Waals surface area contributed by atoms with Crippen LogP contribution < -0.4 is 10.6 Å². The first-order chi connectivity index (χ1) is 16.9. The summed E-state index contributed by atoms with van der Waals surface area (Å²) in [6.07, 6.45) is 4.42. The quantitative estimate of drug-likeness (QED) is 0.478. The van der Waals surface area contributed by atoms with Gasteiger partial charge in [0.15, 0.2) is 0 Å². The number of aliphatic carboxylic acids is 1. The molecule has 2 amide bonds. The average molecular weight is 479 g/mol. The third kappa shape index (κ3) is 5.84. The molecule has 0 saturated heterocycles. The van der Waals surface area contributed by atoms with Crippen LogP contribution in [-0.4, -0.2) is 41.8 Å². The van der Waals surface area contributed by atoms with Gasteiger partial charge in [-0.1, -0.05) is 74.7 Å². The molecule has 0 radical (unpaired) electrons. The number of nitrogens with one attached hydrogen (secondary N) is 2. The molecule has 2 aliphatic rings. The number of hydrogen-bond acceptors (Lipinski definition) is 4. The Bertz CT molecular complexity index is 1030. The Morgan fingerprint density at radius 2 is 1.60 bits per heavy atom. The molecule has 35 heavy (non-hydrogen) atoms. The lowest BCUT2D eigenvalue weighted by atomic mass is 9.79. The Kier molecular flexibility index (Phi) is 7.73. The highest BCUT2D eigenvalue weighted by atomic mass is 16.5. The zero-order valence-corrected chi connectivity index (χ0v) is 20.2. The van der Waals surface area contributed by atoms with Crippen molar-refractivity contribution in [3.63, 3.8) is 0 Å². The van der Waals surface area contributed by atoms with Crippen molar-refractivity contribution in [2.24, 2.45) is 5.92 Å². The maximum Gasteiger partial charge on any atom is 0.407 e. The number of amides is 2. The van der Waals surface area contributed by atoms with Gasteiger partial charge in [-0.05, 0) is 41.5 Å². The molecule has 2 aromatic rings. The molecule has 4 rings (SSSR count). The molecular weight excluding hydrogens is 444 g/mol. The van der Waals surface area contributed by atoms with Crippen molar-refractivity contribution < 1.29 is 24.2 Å². The van der Waals surface area contributed by atoms with E-state index in [1.807, 2.05) is 24.3 Å². The predicted octanol–water partition coefficient (Wildman–Crippen LogP) is 4.85. The van der Waals surface area contributed by atoms with Crippen molar-refractivity contribution in [3.8, 4) is 11.1 Å². The van der Waals surface area contributed by atoms with Crippen molar-refractivity contribution in [3.05, 3.63) is 59.7 Å². The number of carboxylic acids is 1. The lowest BCUT2D eigenvalue weighted by Gasteiger charge is -2.37. The van der Waals surface area contributed by atoms with Crippen LogP contribution >= 0.6 is 0 Å². The zero-order chi connectivity index (χ0) is 24.8. The summed E-state index contributed by atoms with van der Waals surface area (Å²) in [5.74, 6) is -1.59. The van der Waals surface area contributed by atoms with Gasteiger partial charge in [-0.2, -0.15) is 0 Å². The summed E-state index contributed by atoms with van der Waals surface area (Å²) in [5, 5.41) is 14.9. The standard InChI is InChI=1S/C28H34N2O5/c1-19(26(32)33)13-16-29-25(31)17-28(14-7-2-8-15-28)30-27(34)35-18-24-22-11-5-3-9-20(22)21-10-4-6-12-23(21)24/h3-6,9-12,19,24H,2,7-8,13-18H2,1H3,(H,29,31)(H,30,34)(H,32,33). The highest BCUT2D eigenvalue weighted by Crippen LogP contribution is 2.44. The van der Waals surface area contributed by atoms with Gasteiger partial charge in [0.25, 0.3) is 0 Å². The number of hydrogen-bond donors (Lipinski definition) is 3. The first-order valence-corrected chi connectivity index (χ1v) is 12.5. The van der Waals surface area contributed by atoms with E-state index in [0.29, 0.717) is 13.0 Å². The second kappa shape index (κ2) is 10.9. The van der Waals surface area contributed by atoms with E-state index in [0.717, 1.165) is 43.2 Å². The van der Waals surface area contributed by atoms with Gasteiger partial charge in [0, 0.05) is 18.9 Å². The summed E-state index contributed by atoms with van der Waals surface area (Å²) in [6, 6.07) is 16.4. The Labute approximate surface area is 206 Å². The fourth-order valence-corrected chi connectivity index (χ4v) is 5.35. The van der Waals surface area contributed by atoms with Crippen LogP contribution in [0.1, 0.15) is 68.9 Å². The minimum Gasteiger partial charge on any atom is -0.481 e. The molecule has 0 heterocycles. The second-order valence-corrected chi connectivity index (χ2v) is 9.85. The minimum absolute atomic E-state index is 0.0185. The summed E-state index contributed by atoms with van der Waals surface area (Å²) in [6.45, 7) is 2.15. The smallest absolute Gasteiger partial charge is 0.407 e. The largest absolute Gasteiger partial charge is 0.481 e. The van der Waals surface area contributed by atoms with Crippen molar-refractivity contribution in [1.29, 1.82) is 0 Å². The number of benzene rings is 2. The van der Waals surface area contributed by atoms with E-state index in [1.54, 1.807) is 6.92 Å². The minimum atomic E-state index is -0.875. The molecule has 7 heteroatoms. The fraction of sp³-hybridized carbons (Fsp3) is 0.464. The van der Waals surface area contributed by atoms with Crippen LogP contribution in [0, 0.1) is 5.92 Å². The molecule has 0 bridgehead atoms. The van der Waals surface area contributed by atoms with Crippen LogP contribution in [0.2, 0.25) is 0 Å². The van der Waals surface area contributed by atoms with Gasteiger partial charge in [0.05, 0.1) is 11.5 Å². The Balaban J connectivity index is 1.36. The van der Waals surface area contributed by atoms with Gasteiger partial charge in [-0.15, -0.1) is 0 Å². The Morgan fingerprint density at radius 1 is 1.00 bits per heavy atom. The molecule has 0 aromatic heterocycles. The van der Waals surface area contributed by atoms with Gasteiger partial charge < -0.3 is 20.5 Å². The first kappa shape index (κ1) is 24.8. The second-order valence-electron chi connectivity index (χ2n) is 9.85. The van der Waals surface area contributed by atoms with E-state index in [1.165, 1.54) is 11.1 Å². The SMILES string of the molecule is CC(CCNC(=O)CC1(NC(=O)OCC2c3ccccc3-c3ccccc32)CCCCC1)C(=O)O. The molecule has 0 aliphatic heterocycles. The Hall–Kier alpha value is -3.35. The van der Waals surface area contributed by atoms with E-state index in [4.69, 9.17) is 9.84 Å². The zero-order valence-electron chi connectivity index (χ0n) is 20.2. The van der Waals surface area contributed by atoms with E-state index in [2.05, 4.69) is 34.9 Å². The topological polar surface area (TPSA) is 105 Å². The number of carbonyl (C=O) groups excluding carboxylic acids is 2. The molecule has 2 aromatic carbocycles. The van der Waals surface area contributed by atoms with Crippen LogP contribution in [-0.2, 0) is 14.3 Å². The van der Waals surface area contributed by atoms with Crippen molar-refractivity contribution in [2.45, 2.75) is 63.3 Å². The average Bonchev–Trinajstić information content (AvgIpc) is 3.16. The number of carboxylic acid groups (broad SMARTS) is 1. The number of alkyl carbamates (subject to hydrolysis) is 1. The molecule has 3 N–H and O–H groups in total. The molecule has 7 nitrogen and oxygen atoms in total. The Morgan fingerprint density at radius 3 is 2.20 bits per heavy atom. The van der Waals surface area contributed by atoms with Gasteiger partial charge >= 0.3 is 12.1 Å². The lowest BCUT2D eigenvalue weighted by Crippen LogP contribution is -2.52. The molecule has 1 atom stereocenters. The molecule has 186 valence electrons. The maximum absolute atomic E-state index is 12.9. The maximum atomic E-state index is 12.9. The molecular formula is C28H34N2O5. The van der Waals surface area contributed by atoms with Gasteiger partial charge in [-0.25, -0.2) is 4.79 Å². The van der Waals surface area contributed by atoms with Gasteiger partial charge in [0.1, 0.15) is 6.61 Å². The van der Waals surface area contributed by atoms with Crippen LogP contribution in [0.5, 0.6) is 0 Å². The lowest BCUT2D eigenvalue weighted by molar-refractivity contribution is -0.141. The van der Waals surface area contributed by atoms with Gasteiger partial charge in [-0.3, -0.25) is 9.59 Å². The summed E-state index contributed by atoms with van der Waals surface area (Å²) >= 11 is 0. The monoisotopic (exact) mass is 478 g/mol. The predicted molar refractivity (Wildman–Crippen MR) is 133 cm³/mol. The molecule has 1 fully saturated rings. The van der Waals surface area contributed by atoms with Gasteiger partial charge in [0.2, 0.25) is 5.91 Å². The first-order valence-electron chi connectivity index (χ1n) is 12.5. The number of carbonyl (C=O) groups is 3. The summed E-state index contributed by atoms with van der Waals surface area (Å²) in [4.78, 5) is 36.6. The summed E-state index contributed by atoms with van der Waals surface area (Å²) in [7, 11) is 0. The van der Waals surface area contributed by atoms with E-state index in [9.17, 15) is 14.4 Å². The van der Waals surface area contributed by atoms with E-state index >= 15 is 0 Å². The number of rotatable bonds is 9. The highest BCUT2D eigenvalue weighted by Gasteiger charge is 2.37. The van der Waals surface area contributed by atoms with E-state index < -0.39 is 23.5 Å². The molecule has 2 aliphatic carbocycles. The number of fused-ring (bicyclic) bond motifs is 3. The number of ether oxygens (including phenoxy) is 1. The van der Waals surface area contributed by atoms with Crippen LogP contribution in [0.4, 0.5) is 4.79 Å². The molecule has 1 saturated carbocycles. The van der Waals surface area contributed by atoms with Crippen LogP contribution in [0.3, 0.4) is 0 Å². The summed E-state index contributed by atoms with van der Waals surface area (Å²) in [5.41, 5.74) is 4.03. The third-order valence-corrected chi connectivity index (χ3v) is 7.34. The van der Waals surface area contributed by atoms with Crippen LogP contribution in [0.15, 0.2) is 48.5 Å². The normalized spacial score (nSPS) is 17.1. The summed E-state index contributed by atoms with van der Waals surface area (Å²) < 4.78 is 5.74.